The van der Waals surface area contributed by atoms with Crippen LogP contribution in [0.5, 0.6) is 0 Å². The number of ketones is 1. The third-order valence-electron chi connectivity index (χ3n) is 5.40. The molecule has 0 aliphatic carbocycles. The third kappa shape index (κ3) is 2.74. The molecule has 3 fully saturated rings. The van der Waals surface area contributed by atoms with Gasteiger partial charge in [-0.15, -0.1) is 0 Å². The molecule has 3 saturated heterocycles. The molecule has 3 aliphatic heterocycles. The Kier molecular flexibility index (Phi) is 3.82. The quantitative estimate of drug-likeness (QED) is 0.867. The minimum absolute atomic E-state index is 0.151. The molecule has 4 rings (SSSR count). The second kappa shape index (κ2) is 5.95. The fourth-order valence-corrected chi connectivity index (χ4v) is 4.24. The number of carbonyl (C=O) groups excluding carboxylic acids is 1. The van der Waals surface area contributed by atoms with Gasteiger partial charge in [0.2, 0.25) is 5.95 Å². The molecule has 4 heterocycles. The molecule has 2 atom stereocenters. The molecule has 5 nitrogen and oxygen atoms in total. The van der Waals surface area contributed by atoms with E-state index < -0.39 is 0 Å². The summed E-state index contributed by atoms with van der Waals surface area (Å²) in [4.78, 5) is 23.8. The zero-order valence-corrected chi connectivity index (χ0v) is 13.0. The summed E-state index contributed by atoms with van der Waals surface area (Å²) in [6.07, 6.45) is 11.6. The summed E-state index contributed by atoms with van der Waals surface area (Å²) in [5.74, 6) is 1.17. The lowest BCUT2D eigenvalue weighted by molar-refractivity contribution is 0.0824. The third-order valence-corrected chi connectivity index (χ3v) is 5.40. The average Bonchev–Trinajstić information content (AvgIpc) is 3.08. The summed E-state index contributed by atoms with van der Waals surface area (Å²) in [7, 11) is 0. The lowest BCUT2D eigenvalue weighted by Gasteiger charge is -2.39. The predicted octanol–water partition coefficient (Wildman–Crippen LogP) is 2.18. The Balaban J connectivity index is 1.45. The first kappa shape index (κ1) is 14.1. The monoisotopic (exact) mass is 300 g/mol. The summed E-state index contributed by atoms with van der Waals surface area (Å²) in [5.41, 5.74) is 0.688. The molecule has 0 saturated carbocycles. The molecule has 3 aliphatic rings. The van der Waals surface area contributed by atoms with Crippen molar-refractivity contribution >= 4 is 11.7 Å². The van der Waals surface area contributed by atoms with Crippen LogP contribution in [0.2, 0.25) is 0 Å². The topological polar surface area (TPSA) is 58.1 Å². The van der Waals surface area contributed by atoms with Crippen LogP contribution in [0, 0.1) is 5.92 Å². The molecular formula is C17H24N4O. The number of Topliss-reactive ketones (excluding diaryl/α,β-unsaturated/α-hetero) is 1. The Morgan fingerprint density at radius 1 is 1.05 bits per heavy atom. The number of hydrogen-bond donors (Lipinski definition) is 1. The number of piperidine rings is 2. The lowest BCUT2D eigenvalue weighted by Crippen LogP contribution is -2.50. The number of nitrogens with zero attached hydrogens (tertiary/aromatic N) is 3. The molecule has 1 aromatic heterocycles. The van der Waals surface area contributed by atoms with E-state index in [0.717, 1.165) is 31.9 Å². The van der Waals surface area contributed by atoms with Crippen molar-refractivity contribution in [3.05, 3.63) is 18.0 Å². The number of anilines is 1. The minimum atomic E-state index is 0.151. The molecule has 2 unspecified atom stereocenters. The van der Waals surface area contributed by atoms with E-state index in [4.69, 9.17) is 0 Å². The Labute approximate surface area is 131 Å². The van der Waals surface area contributed by atoms with Crippen LogP contribution in [0.15, 0.2) is 12.4 Å². The van der Waals surface area contributed by atoms with Gasteiger partial charge in [-0.2, -0.15) is 0 Å². The molecule has 22 heavy (non-hydrogen) atoms. The number of nitrogens with one attached hydrogen (secondary N) is 1. The largest absolute Gasteiger partial charge is 0.341 e. The Morgan fingerprint density at radius 2 is 1.68 bits per heavy atom. The number of rotatable bonds is 3. The van der Waals surface area contributed by atoms with Gasteiger partial charge in [0.1, 0.15) is 0 Å². The number of hydrogen-bond acceptors (Lipinski definition) is 5. The van der Waals surface area contributed by atoms with E-state index in [1.54, 1.807) is 12.4 Å². The first-order valence-corrected chi connectivity index (χ1v) is 8.67. The van der Waals surface area contributed by atoms with Crippen LogP contribution in [0.3, 0.4) is 0 Å². The van der Waals surface area contributed by atoms with Crippen LogP contribution >= 0.6 is 0 Å². The van der Waals surface area contributed by atoms with Gasteiger partial charge >= 0.3 is 0 Å². The maximum absolute atomic E-state index is 12.7. The normalized spacial score (nSPS) is 31.3. The van der Waals surface area contributed by atoms with Gasteiger partial charge in [0, 0.05) is 43.5 Å². The van der Waals surface area contributed by atoms with E-state index in [2.05, 4.69) is 20.2 Å². The van der Waals surface area contributed by atoms with Gasteiger partial charge in [0.05, 0.1) is 5.56 Å². The molecule has 1 aromatic rings. The summed E-state index contributed by atoms with van der Waals surface area (Å²) in [6, 6.07) is 1.07. The predicted molar refractivity (Wildman–Crippen MR) is 85.1 cm³/mol. The summed E-state index contributed by atoms with van der Waals surface area (Å²) in [5, 5.41) is 3.65. The minimum Gasteiger partial charge on any atom is -0.341 e. The highest BCUT2D eigenvalue weighted by atomic mass is 16.1. The van der Waals surface area contributed by atoms with E-state index >= 15 is 0 Å². The summed E-state index contributed by atoms with van der Waals surface area (Å²) in [6.45, 7) is 2.07. The highest BCUT2D eigenvalue weighted by Crippen LogP contribution is 2.31. The SMILES string of the molecule is O=C(c1cnc(N2CCCC2)nc1)C1CC2CCCC(C1)N2. The second-order valence-electron chi connectivity index (χ2n) is 6.99. The lowest BCUT2D eigenvalue weighted by atomic mass is 9.77. The molecule has 0 amide bonds. The van der Waals surface area contributed by atoms with Crippen LogP contribution in [0.25, 0.3) is 0 Å². The highest BCUT2D eigenvalue weighted by molar-refractivity contribution is 5.97. The van der Waals surface area contributed by atoms with Crippen LogP contribution < -0.4 is 10.2 Å². The van der Waals surface area contributed by atoms with Crippen molar-refractivity contribution in [3.63, 3.8) is 0 Å². The van der Waals surface area contributed by atoms with E-state index in [9.17, 15) is 4.79 Å². The standard InChI is InChI=1S/C17H24N4O/c22-16(12-8-14-4-3-5-15(9-12)20-14)13-10-18-17(19-11-13)21-6-1-2-7-21/h10-12,14-15,20H,1-9H2. The molecule has 2 bridgehead atoms. The Hall–Kier alpha value is -1.49. The van der Waals surface area contributed by atoms with Gasteiger partial charge < -0.3 is 10.2 Å². The van der Waals surface area contributed by atoms with E-state index in [0.29, 0.717) is 17.6 Å². The zero-order chi connectivity index (χ0) is 14.9. The van der Waals surface area contributed by atoms with Crippen LogP contribution in [-0.2, 0) is 0 Å². The van der Waals surface area contributed by atoms with Crippen molar-refractivity contribution in [2.45, 2.75) is 57.0 Å². The zero-order valence-electron chi connectivity index (χ0n) is 13.0. The van der Waals surface area contributed by atoms with E-state index in [1.807, 2.05) is 0 Å². The van der Waals surface area contributed by atoms with Crippen molar-refractivity contribution in [2.24, 2.45) is 5.92 Å². The van der Waals surface area contributed by atoms with Crippen LogP contribution in [0.4, 0.5) is 5.95 Å². The fraction of sp³-hybridized carbons (Fsp3) is 0.706. The number of fused-ring (bicyclic) bond motifs is 2. The highest BCUT2D eigenvalue weighted by Gasteiger charge is 2.35. The molecule has 0 radical (unpaired) electrons. The molecule has 0 aromatic carbocycles. The van der Waals surface area contributed by atoms with Crippen molar-refractivity contribution < 1.29 is 4.79 Å². The van der Waals surface area contributed by atoms with Crippen molar-refractivity contribution in [1.29, 1.82) is 0 Å². The van der Waals surface area contributed by atoms with Gasteiger partial charge in [-0.1, -0.05) is 6.42 Å². The van der Waals surface area contributed by atoms with Gasteiger partial charge in [0.25, 0.3) is 0 Å². The number of carbonyl (C=O) groups is 1. The number of aromatic nitrogens is 2. The average molecular weight is 300 g/mol. The molecule has 118 valence electrons. The van der Waals surface area contributed by atoms with Crippen molar-refractivity contribution in [1.82, 2.24) is 15.3 Å². The fourth-order valence-electron chi connectivity index (χ4n) is 4.24. The second-order valence-corrected chi connectivity index (χ2v) is 6.99. The van der Waals surface area contributed by atoms with E-state index in [-0.39, 0.29) is 11.7 Å². The maximum atomic E-state index is 12.7. The van der Waals surface area contributed by atoms with Crippen LogP contribution in [0.1, 0.15) is 55.3 Å². The first-order chi connectivity index (χ1) is 10.8. The molecule has 0 spiro atoms. The summed E-state index contributed by atoms with van der Waals surface area (Å²) >= 11 is 0. The van der Waals surface area contributed by atoms with Gasteiger partial charge in [-0.3, -0.25) is 4.79 Å². The molecule has 1 N–H and O–H groups in total. The molecular weight excluding hydrogens is 276 g/mol. The van der Waals surface area contributed by atoms with Gasteiger partial charge in [-0.25, -0.2) is 9.97 Å². The van der Waals surface area contributed by atoms with Gasteiger partial charge in [-0.05, 0) is 38.5 Å². The summed E-state index contributed by atoms with van der Waals surface area (Å²) < 4.78 is 0. The Bertz CT molecular complexity index is 526. The maximum Gasteiger partial charge on any atom is 0.225 e. The smallest absolute Gasteiger partial charge is 0.225 e. The van der Waals surface area contributed by atoms with Crippen molar-refractivity contribution in [2.75, 3.05) is 18.0 Å². The molecule has 5 heteroatoms. The Morgan fingerprint density at radius 3 is 2.32 bits per heavy atom. The van der Waals surface area contributed by atoms with Crippen molar-refractivity contribution in [3.8, 4) is 0 Å². The first-order valence-electron chi connectivity index (χ1n) is 8.67. The van der Waals surface area contributed by atoms with Gasteiger partial charge in [0.15, 0.2) is 5.78 Å². The van der Waals surface area contributed by atoms with E-state index in [1.165, 1.54) is 32.1 Å². The van der Waals surface area contributed by atoms with Crippen LogP contribution in [-0.4, -0.2) is 40.9 Å².